The zero-order valence-corrected chi connectivity index (χ0v) is 39.3. The molecule has 1 amide bonds. The number of rotatable bonds is 41. The summed E-state index contributed by atoms with van der Waals surface area (Å²) in [5.41, 5.74) is 0. The predicted octanol–water partition coefficient (Wildman–Crippen LogP) is 12.7. The van der Waals surface area contributed by atoms with Crippen LogP contribution in [-0.4, -0.2) is 68.5 Å². The number of phosphoric ester groups is 1. The summed E-state index contributed by atoms with van der Waals surface area (Å²) in [6.07, 6.45) is 56.4. The smallest absolute Gasteiger partial charge is 0.268 e. The zero-order valence-electron chi connectivity index (χ0n) is 38.4. The number of aliphatic hydroxyl groups is 1. The van der Waals surface area contributed by atoms with Gasteiger partial charge in [-0.15, -0.1) is 0 Å². The molecule has 2 N–H and O–H groups in total. The van der Waals surface area contributed by atoms with E-state index in [9.17, 15) is 19.4 Å². The number of quaternary nitrogens is 1. The number of aliphatic hydroxyl groups excluding tert-OH is 1. The fraction of sp³-hybridized carbons (Fsp3) is 0.700. The van der Waals surface area contributed by atoms with Crippen molar-refractivity contribution >= 4 is 13.7 Å². The van der Waals surface area contributed by atoms with E-state index in [0.29, 0.717) is 17.4 Å². The Morgan fingerprint density at radius 2 is 1.05 bits per heavy atom. The first-order valence-corrected chi connectivity index (χ1v) is 24.9. The summed E-state index contributed by atoms with van der Waals surface area (Å²) in [6.45, 7) is 4.43. The summed E-state index contributed by atoms with van der Waals surface area (Å²) >= 11 is 0. The van der Waals surface area contributed by atoms with Crippen LogP contribution < -0.4 is 10.2 Å². The van der Waals surface area contributed by atoms with E-state index >= 15 is 0 Å². The molecule has 0 aliphatic heterocycles. The van der Waals surface area contributed by atoms with Crippen LogP contribution in [-0.2, 0) is 18.4 Å². The summed E-state index contributed by atoms with van der Waals surface area (Å²) in [7, 11) is 1.22. The molecule has 0 fully saturated rings. The molecule has 0 aliphatic rings. The number of hydrogen-bond acceptors (Lipinski definition) is 6. The standard InChI is InChI=1S/C50H89N2O6P/c1-6-8-10-12-14-16-18-20-21-22-23-24-25-26-27-28-29-30-31-32-34-36-38-40-42-44-50(54)51-48(47-58-59(55,56)57-46-45-52(3,4)5)49(53)43-41-39-37-35-33-19-17-15-13-11-9-7-2/h8,10,13-16,20-21,23-24,33,35,41,43,48-49,53H,6-7,9,11-12,17-19,22,25-32,34,36-40,42,44-47H2,1-5H3,(H-,51,54,55,56)/b10-8-,15-13+,16-14-,21-20-,24-23-,35-33+,43-41+. The summed E-state index contributed by atoms with van der Waals surface area (Å²) < 4.78 is 23.2. The van der Waals surface area contributed by atoms with Crippen LogP contribution in [0.5, 0.6) is 0 Å². The second kappa shape index (κ2) is 41.1. The van der Waals surface area contributed by atoms with Crippen LogP contribution in [0.3, 0.4) is 0 Å². The Labute approximate surface area is 363 Å². The van der Waals surface area contributed by atoms with E-state index in [1.807, 2.05) is 27.2 Å². The van der Waals surface area contributed by atoms with Crippen LogP contribution in [0.2, 0.25) is 0 Å². The Morgan fingerprint density at radius 1 is 0.610 bits per heavy atom. The van der Waals surface area contributed by atoms with Crippen molar-refractivity contribution < 1.29 is 32.9 Å². The van der Waals surface area contributed by atoms with Gasteiger partial charge < -0.3 is 28.8 Å². The molecule has 0 aromatic heterocycles. The third-order valence-corrected chi connectivity index (χ3v) is 10.8. The van der Waals surface area contributed by atoms with Crippen LogP contribution in [0.4, 0.5) is 0 Å². The van der Waals surface area contributed by atoms with Crippen LogP contribution in [0.25, 0.3) is 0 Å². The summed E-state index contributed by atoms with van der Waals surface area (Å²) in [5, 5.41) is 13.7. The van der Waals surface area contributed by atoms with Gasteiger partial charge in [0.25, 0.3) is 7.82 Å². The number of amides is 1. The maximum absolute atomic E-state index is 12.9. The highest BCUT2D eigenvalue weighted by Crippen LogP contribution is 2.38. The van der Waals surface area contributed by atoms with Gasteiger partial charge >= 0.3 is 0 Å². The Morgan fingerprint density at radius 3 is 1.58 bits per heavy atom. The summed E-state index contributed by atoms with van der Waals surface area (Å²) in [5.74, 6) is -0.220. The Balaban J connectivity index is 4.29. The SMILES string of the molecule is CC/C=C\C/C=C\C/C=C\C/C=C\CCCCCCCCCCCCCCC(=O)NC(COP(=O)([O-])OCC[N+](C)(C)C)C(O)/C=C/CC/C=C/CC/C=C/CCCC. The van der Waals surface area contributed by atoms with Crippen molar-refractivity contribution in [2.45, 2.75) is 187 Å². The highest BCUT2D eigenvalue weighted by molar-refractivity contribution is 7.45. The normalized spacial score (nSPS) is 15.0. The molecule has 0 aliphatic carbocycles. The lowest BCUT2D eigenvalue weighted by molar-refractivity contribution is -0.870. The van der Waals surface area contributed by atoms with Crippen LogP contribution in [0.1, 0.15) is 174 Å². The molecule has 0 radical (unpaired) electrons. The third-order valence-electron chi connectivity index (χ3n) is 9.82. The van der Waals surface area contributed by atoms with Crippen LogP contribution in [0, 0.1) is 0 Å². The third kappa shape index (κ3) is 43.6. The van der Waals surface area contributed by atoms with Crippen LogP contribution in [0.15, 0.2) is 85.1 Å². The molecule has 0 bridgehead atoms. The Bertz CT molecular complexity index is 1230. The average Bonchev–Trinajstić information content (AvgIpc) is 3.19. The van der Waals surface area contributed by atoms with Crippen molar-refractivity contribution in [3.05, 3.63) is 85.1 Å². The molecule has 8 nitrogen and oxygen atoms in total. The maximum Gasteiger partial charge on any atom is 0.268 e. The number of nitrogens with zero attached hydrogens (tertiary/aromatic N) is 1. The molecular formula is C50H89N2O6P. The van der Waals surface area contributed by atoms with Crippen molar-refractivity contribution in [2.75, 3.05) is 40.9 Å². The molecule has 3 unspecified atom stereocenters. The molecule has 3 atom stereocenters. The number of allylic oxidation sites excluding steroid dienone is 13. The number of hydrogen-bond donors (Lipinski definition) is 2. The number of unbranched alkanes of at least 4 members (excludes halogenated alkanes) is 16. The quantitative estimate of drug-likeness (QED) is 0.0275. The molecule has 0 aromatic rings. The Hall–Kier alpha value is -2.32. The first kappa shape index (κ1) is 56.7. The lowest BCUT2D eigenvalue weighted by Crippen LogP contribution is -2.45. The van der Waals surface area contributed by atoms with Crippen molar-refractivity contribution in [2.24, 2.45) is 0 Å². The van der Waals surface area contributed by atoms with Crippen molar-refractivity contribution in [1.82, 2.24) is 5.32 Å². The van der Waals surface area contributed by atoms with Gasteiger partial charge in [-0.1, -0.05) is 176 Å². The highest BCUT2D eigenvalue weighted by Gasteiger charge is 2.23. The van der Waals surface area contributed by atoms with Gasteiger partial charge in [-0.2, -0.15) is 0 Å². The summed E-state index contributed by atoms with van der Waals surface area (Å²) in [4.78, 5) is 25.3. The van der Waals surface area contributed by atoms with Gasteiger partial charge in [0, 0.05) is 6.42 Å². The van der Waals surface area contributed by atoms with Crippen molar-refractivity contribution in [3.63, 3.8) is 0 Å². The van der Waals surface area contributed by atoms with Gasteiger partial charge in [0.15, 0.2) is 0 Å². The molecule has 0 heterocycles. The molecular weight excluding hydrogens is 756 g/mol. The molecule has 0 saturated heterocycles. The lowest BCUT2D eigenvalue weighted by Gasteiger charge is -2.29. The number of phosphoric acid groups is 1. The number of likely N-dealkylation sites (N-methyl/N-ethyl adjacent to an activating group) is 1. The van der Waals surface area contributed by atoms with Crippen molar-refractivity contribution in [3.8, 4) is 0 Å². The monoisotopic (exact) mass is 845 g/mol. The number of carbonyl (C=O) groups excluding carboxylic acids is 1. The first-order chi connectivity index (χ1) is 28.5. The van der Waals surface area contributed by atoms with Gasteiger partial charge in [-0.3, -0.25) is 9.36 Å². The zero-order chi connectivity index (χ0) is 43.6. The van der Waals surface area contributed by atoms with E-state index < -0.39 is 26.6 Å². The average molecular weight is 845 g/mol. The highest BCUT2D eigenvalue weighted by atomic mass is 31.2. The number of nitrogens with one attached hydrogen (secondary N) is 1. The van der Waals surface area contributed by atoms with E-state index in [2.05, 4.69) is 92.1 Å². The van der Waals surface area contributed by atoms with Gasteiger partial charge in [0.05, 0.1) is 39.9 Å². The fourth-order valence-electron chi connectivity index (χ4n) is 6.10. The minimum atomic E-state index is -4.60. The molecule has 0 aromatic carbocycles. The molecule has 340 valence electrons. The van der Waals surface area contributed by atoms with Gasteiger partial charge in [0.1, 0.15) is 13.2 Å². The second-order valence-corrected chi connectivity index (χ2v) is 18.1. The van der Waals surface area contributed by atoms with E-state index in [0.717, 1.165) is 77.0 Å². The van der Waals surface area contributed by atoms with Crippen LogP contribution >= 0.6 is 7.82 Å². The molecule has 59 heavy (non-hydrogen) atoms. The predicted molar refractivity (Wildman–Crippen MR) is 251 cm³/mol. The first-order valence-electron chi connectivity index (χ1n) is 23.4. The topological polar surface area (TPSA) is 108 Å². The Kier molecular flexibility index (Phi) is 39.4. The maximum atomic E-state index is 12.9. The van der Waals surface area contributed by atoms with Gasteiger partial charge in [0.2, 0.25) is 5.91 Å². The lowest BCUT2D eigenvalue weighted by atomic mass is 10.0. The van der Waals surface area contributed by atoms with E-state index in [1.165, 1.54) is 77.0 Å². The molecule has 0 spiro atoms. The minimum Gasteiger partial charge on any atom is -0.756 e. The molecule has 9 heteroatoms. The minimum absolute atomic E-state index is 0.0133. The van der Waals surface area contributed by atoms with E-state index in [-0.39, 0.29) is 12.5 Å². The van der Waals surface area contributed by atoms with E-state index in [1.54, 1.807) is 6.08 Å². The van der Waals surface area contributed by atoms with Crippen molar-refractivity contribution in [1.29, 1.82) is 0 Å². The van der Waals surface area contributed by atoms with E-state index in [4.69, 9.17) is 9.05 Å². The fourth-order valence-corrected chi connectivity index (χ4v) is 6.82. The molecule has 0 saturated carbocycles. The molecule has 0 rings (SSSR count). The second-order valence-electron chi connectivity index (χ2n) is 16.7. The van der Waals surface area contributed by atoms with Gasteiger partial charge in [-0.25, -0.2) is 0 Å². The number of carbonyl (C=O) groups is 1. The largest absolute Gasteiger partial charge is 0.756 e. The summed E-state index contributed by atoms with van der Waals surface area (Å²) in [6, 6.07) is -0.913. The van der Waals surface area contributed by atoms with Gasteiger partial charge in [-0.05, 0) is 77.0 Å².